The number of hydrogen-bond acceptors (Lipinski definition) is 2. The monoisotopic (exact) mass is 224 g/mol. The van der Waals surface area contributed by atoms with Crippen LogP contribution in [0.25, 0.3) is 0 Å². The Labute approximate surface area is 89.0 Å². The minimum Gasteiger partial charge on any atom is -0.288 e. The van der Waals surface area contributed by atoms with Crippen LogP contribution in [-0.4, -0.2) is 5.78 Å². The average molecular weight is 224 g/mol. The van der Waals surface area contributed by atoms with Gasteiger partial charge in [-0.05, 0) is 35.7 Å². The van der Waals surface area contributed by atoms with E-state index >= 15 is 0 Å². The van der Waals surface area contributed by atoms with Crippen LogP contribution < -0.4 is 0 Å². The van der Waals surface area contributed by atoms with Crippen molar-refractivity contribution in [3.63, 3.8) is 0 Å². The van der Waals surface area contributed by atoms with Gasteiger partial charge in [0.1, 0.15) is 16.5 Å². The van der Waals surface area contributed by atoms with Crippen molar-refractivity contribution in [2.45, 2.75) is 0 Å². The van der Waals surface area contributed by atoms with Crippen LogP contribution in [0.2, 0.25) is 0 Å². The van der Waals surface area contributed by atoms with Gasteiger partial charge in [0, 0.05) is 5.56 Å². The van der Waals surface area contributed by atoms with Crippen LogP contribution in [0.5, 0.6) is 0 Å². The highest BCUT2D eigenvalue weighted by atomic mass is 32.1. The van der Waals surface area contributed by atoms with Crippen LogP contribution in [0, 0.1) is 11.6 Å². The first-order valence-electron chi connectivity index (χ1n) is 4.22. The molecule has 0 radical (unpaired) electrons. The Morgan fingerprint density at radius 3 is 2.27 bits per heavy atom. The molecule has 2 rings (SSSR count). The Kier molecular flexibility index (Phi) is 2.60. The maximum absolute atomic E-state index is 13.1. The van der Waals surface area contributed by atoms with Crippen molar-refractivity contribution in [3.05, 3.63) is 57.8 Å². The predicted molar refractivity (Wildman–Crippen MR) is 54.1 cm³/mol. The summed E-state index contributed by atoms with van der Waals surface area (Å²) in [5.41, 5.74) is 0.290. The molecular formula is C11H6F2OS. The summed E-state index contributed by atoms with van der Waals surface area (Å²) < 4.78 is 25.7. The van der Waals surface area contributed by atoms with E-state index < -0.39 is 17.4 Å². The first-order valence-corrected chi connectivity index (χ1v) is 5.09. The number of thiophene rings is 1. The molecule has 1 aromatic heterocycles. The number of rotatable bonds is 2. The van der Waals surface area contributed by atoms with Crippen LogP contribution in [0.3, 0.4) is 0 Å². The Bertz CT molecular complexity index is 488. The lowest BCUT2D eigenvalue weighted by Gasteiger charge is -1.97. The second kappa shape index (κ2) is 3.90. The van der Waals surface area contributed by atoms with Gasteiger partial charge in [0.05, 0.1) is 0 Å². The molecule has 15 heavy (non-hydrogen) atoms. The molecule has 0 saturated heterocycles. The van der Waals surface area contributed by atoms with Crippen molar-refractivity contribution < 1.29 is 13.6 Å². The lowest BCUT2D eigenvalue weighted by atomic mass is 10.1. The van der Waals surface area contributed by atoms with E-state index in [0.717, 1.165) is 11.3 Å². The van der Waals surface area contributed by atoms with Gasteiger partial charge in [-0.3, -0.25) is 4.79 Å². The average Bonchev–Trinajstić information content (AvgIpc) is 2.65. The third kappa shape index (κ3) is 1.94. The van der Waals surface area contributed by atoms with E-state index in [2.05, 4.69) is 0 Å². The number of carbonyl (C=O) groups excluding carboxylic acids is 1. The summed E-state index contributed by atoms with van der Waals surface area (Å²) in [7, 11) is 0. The fourth-order valence-electron chi connectivity index (χ4n) is 1.19. The number of ketones is 1. The van der Waals surface area contributed by atoms with E-state index in [1.165, 1.54) is 35.7 Å². The minimum atomic E-state index is -0.533. The fraction of sp³-hybridized carbons (Fsp3) is 0. The SMILES string of the molecule is O=C(c1ccc(F)cc1)c1sccc1F. The van der Waals surface area contributed by atoms with E-state index in [1.807, 2.05) is 0 Å². The molecule has 0 fully saturated rings. The van der Waals surface area contributed by atoms with Gasteiger partial charge < -0.3 is 0 Å². The maximum Gasteiger partial charge on any atom is 0.205 e. The third-order valence-corrected chi connectivity index (χ3v) is 2.82. The normalized spacial score (nSPS) is 10.3. The predicted octanol–water partition coefficient (Wildman–Crippen LogP) is 3.26. The molecule has 0 unspecified atom stereocenters. The van der Waals surface area contributed by atoms with Crippen molar-refractivity contribution in [2.24, 2.45) is 0 Å². The highest BCUT2D eigenvalue weighted by Gasteiger charge is 2.14. The van der Waals surface area contributed by atoms with E-state index in [9.17, 15) is 13.6 Å². The van der Waals surface area contributed by atoms with E-state index in [1.54, 1.807) is 0 Å². The molecular weight excluding hydrogens is 218 g/mol. The maximum atomic E-state index is 13.1. The molecule has 0 aliphatic heterocycles. The fourth-order valence-corrected chi connectivity index (χ4v) is 1.92. The molecule has 0 amide bonds. The summed E-state index contributed by atoms with van der Waals surface area (Å²) in [4.78, 5) is 11.7. The first kappa shape index (κ1) is 9.98. The van der Waals surface area contributed by atoms with Crippen LogP contribution in [0.15, 0.2) is 35.7 Å². The van der Waals surface area contributed by atoms with Crippen molar-refractivity contribution >= 4 is 17.1 Å². The van der Waals surface area contributed by atoms with Gasteiger partial charge in [0.15, 0.2) is 0 Å². The molecule has 0 N–H and O–H groups in total. The Balaban J connectivity index is 2.37. The van der Waals surface area contributed by atoms with Crippen molar-refractivity contribution in [1.29, 1.82) is 0 Å². The molecule has 1 aromatic carbocycles. The molecule has 1 nitrogen and oxygen atoms in total. The molecule has 1 heterocycles. The van der Waals surface area contributed by atoms with Crippen molar-refractivity contribution in [2.75, 3.05) is 0 Å². The molecule has 0 bridgehead atoms. The van der Waals surface area contributed by atoms with Gasteiger partial charge in [-0.1, -0.05) is 0 Å². The van der Waals surface area contributed by atoms with Gasteiger partial charge in [-0.2, -0.15) is 0 Å². The van der Waals surface area contributed by atoms with Crippen LogP contribution in [-0.2, 0) is 0 Å². The second-order valence-electron chi connectivity index (χ2n) is 2.93. The zero-order valence-corrected chi connectivity index (χ0v) is 8.35. The Morgan fingerprint density at radius 1 is 1.07 bits per heavy atom. The largest absolute Gasteiger partial charge is 0.288 e. The summed E-state index contributed by atoms with van der Waals surface area (Å²) in [5.74, 6) is -1.37. The number of benzene rings is 1. The van der Waals surface area contributed by atoms with Crippen LogP contribution in [0.4, 0.5) is 8.78 Å². The van der Waals surface area contributed by atoms with E-state index in [0.29, 0.717) is 0 Å². The number of halogens is 2. The van der Waals surface area contributed by atoms with Crippen LogP contribution in [0.1, 0.15) is 15.2 Å². The third-order valence-electron chi connectivity index (χ3n) is 1.93. The van der Waals surface area contributed by atoms with Gasteiger partial charge in [0.2, 0.25) is 5.78 Å². The number of carbonyl (C=O) groups is 1. The molecule has 4 heteroatoms. The lowest BCUT2D eigenvalue weighted by molar-refractivity contribution is 0.103. The Hall–Kier alpha value is -1.55. The first-order chi connectivity index (χ1) is 7.18. The Morgan fingerprint density at radius 2 is 1.73 bits per heavy atom. The molecule has 0 atom stereocenters. The zero-order valence-electron chi connectivity index (χ0n) is 7.54. The molecule has 0 aliphatic rings. The molecule has 76 valence electrons. The molecule has 0 spiro atoms. The van der Waals surface area contributed by atoms with Gasteiger partial charge in [-0.25, -0.2) is 8.78 Å². The molecule has 0 aliphatic carbocycles. The van der Waals surface area contributed by atoms with E-state index in [-0.39, 0.29) is 10.4 Å². The topological polar surface area (TPSA) is 17.1 Å². The summed E-state index contributed by atoms with van der Waals surface area (Å²) in [6.07, 6.45) is 0. The van der Waals surface area contributed by atoms with E-state index in [4.69, 9.17) is 0 Å². The summed E-state index contributed by atoms with van der Waals surface area (Å²) >= 11 is 1.04. The summed E-state index contributed by atoms with van der Waals surface area (Å²) in [6, 6.07) is 6.28. The van der Waals surface area contributed by atoms with Crippen LogP contribution >= 0.6 is 11.3 Å². The molecule has 2 aromatic rings. The van der Waals surface area contributed by atoms with Gasteiger partial charge >= 0.3 is 0 Å². The van der Waals surface area contributed by atoms with Gasteiger partial charge in [0.25, 0.3) is 0 Å². The number of hydrogen-bond donors (Lipinski definition) is 0. The molecule has 0 saturated carbocycles. The van der Waals surface area contributed by atoms with Crippen molar-refractivity contribution in [3.8, 4) is 0 Å². The summed E-state index contributed by atoms with van der Waals surface area (Å²) in [6.45, 7) is 0. The second-order valence-corrected chi connectivity index (χ2v) is 3.85. The quantitative estimate of drug-likeness (QED) is 0.715. The highest BCUT2D eigenvalue weighted by Crippen LogP contribution is 2.19. The van der Waals surface area contributed by atoms with Gasteiger partial charge in [-0.15, -0.1) is 11.3 Å². The van der Waals surface area contributed by atoms with Crippen molar-refractivity contribution in [1.82, 2.24) is 0 Å². The zero-order chi connectivity index (χ0) is 10.8. The highest BCUT2D eigenvalue weighted by molar-refractivity contribution is 7.12. The smallest absolute Gasteiger partial charge is 0.205 e. The standard InChI is InChI=1S/C11H6F2OS/c12-8-3-1-7(2-4-8)10(14)11-9(13)5-6-15-11/h1-6H. The lowest BCUT2D eigenvalue weighted by Crippen LogP contribution is -2.00. The summed E-state index contributed by atoms with van der Waals surface area (Å²) in [5, 5.41) is 1.51. The minimum absolute atomic E-state index is 0.0570.